The number of halogens is 4. The number of aromatic nitrogens is 1. The highest BCUT2D eigenvalue weighted by Crippen LogP contribution is 2.20. The molecule has 0 saturated heterocycles. The molecule has 0 spiro atoms. The summed E-state index contributed by atoms with van der Waals surface area (Å²) in [5.41, 5.74) is 2.65. The number of hydrogen-bond acceptors (Lipinski definition) is 4. The predicted molar refractivity (Wildman–Crippen MR) is 59.4 cm³/mol. The summed E-state index contributed by atoms with van der Waals surface area (Å²) in [4.78, 5) is 5.06. The number of pyridine rings is 1. The first kappa shape index (κ1) is 14.0. The van der Waals surface area contributed by atoms with E-state index in [4.69, 9.17) is 17.4 Å². The largest absolute Gasteiger partial charge is 0.401 e. The quantitative estimate of drug-likeness (QED) is 0.648. The van der Waals surface area contributed by atoms with Crippen LogP contribution in [-0.4, -0.2) is 29.7 Å². The lowest BCUT2D eigenvalue weighted by Crippen LogP contribution is -2.31. The molecule has 8 heteroatoms. The Hall–Kier alpha value is -1.05. The molecule has 1 aromatic rings. The molecule has 17 heavy (non-hydrogen) atoms. The monoisotopic (exact) mass is 268 g/mol. The first-order chi connectivity index (χ1) is 7.81. The summed E-state index contributed by atoms with van der Waals surface area (Å²) in [5, 5.41) is 0.304. The number of nitrogens with zero attached hydrogens (tertiary/aromatic N) is 2. The molecule has 3 N–H and O–H groups in total. The number of hydrazine groups is 1. The second-order valence-corrected chi connectivity index (χ2v) is 3.96. The van der Waals surface area contributed by atoms with Crippen molar-refractivity contribution in [1.82, 2.24) is 9.88 Å². The van der Waals surface area contributed by atoms with Crippen molar-refractivity contribution in [3.8, 4) is 0 Å². The Morgan fingerprint density at radius 2 is 2.12 bits per heavy atom. The number of rotatable bonds is 4. The normalized spacial score (nSPS) is 11.9. The van der Waals surface area contributed by atoms with Gasteiger partial charge in [-0.15, -0.1) is 0 Å². The van der Waals surface area contributed by atoms with Crippen LogP contribution in [0.3, 0.4) is 0 Å². The molecule has 0 atom stereocenters. The van der Waals surface area contributed by atoms with E-state index in [1.54, 1.807) is 0 Å². The van der Waals surface area contributed by atoms with E-state index in [2.05, 4.69) is 10.4 Å². The molecule has 96 valence electrons. The van der Waals surface area contributed by atoms with Gasteiger partial charge in [0.25, 0.3) is 0 Å². The number of nitrogens with two attached hydrogens (primary N) is 1. The standard InChI is InChI=1S/C9H12ClF3N4/c1-17(5-9(11,12)13)4-7-6(10)2-3-8(15-7)16-14/h2-3H,4-5,14H2,1H3,(H,15,16). The zero-order valence-electron chi connectivity index (χ0n) is 9.05. The van der Waals surface area contributed by atoms with Gasteiger partial charge in [-0.3, -0.25) is 4.90 Å². The van der Waals surface area contributed by atoms with Gasteiger partial charge in [-0.25, -0.2) is 10.8 Å². The maximum Gasteiger partial charge on any atom is 0.401 e. The Balaban J connectivity index is 2.73. The van der Waals surface area contributed by atoms with E-state index in [0.29, 0.717) is 16.5 Å². The Morgan fingerprint density at radius 3 is 2.65 bits per heavy atom. The maximum atomic E-state index is 12.1. The van der Waals surface area contributed by atoms with Crippen molar-refractivity contribution in [3.05, 3.63) is 22.8 Å². The average molecular weight is 269 g/mol. The number of nitrogen functional groups attached to an aromatic ring is 1. The van der Waals surface area contributed by atoms with E-state index in [1.807, 2.05) is 0 Å². The molecule has 0 bridgehead atoms. The second-order valence-electron chi connectivity index (χ2n) is 3.56. The van der Waals surface area contributed by atoms with Crippen LogP contribution in [0.15, 0.2) is 12.1 Å². The summed E-state index contributed by atoms with van der Waals surface area (Å²) < 4.78 is 36.4. The van der Waals surface area contributed by atoms with Gasteiger partial charge in [-0.2, -0.15) is 13.2 Å². The Bertz CT molecular complexity index is 383. The van der Waals surface area contributed by atoms with Crippen molar-refractivity contribution in [3.63, 3.8) is 0 Å². The van der Waals surface area contributed by atoms with Crippen molar-refractivity contribution in [2.45, 2.75) is 12.7 Å². The molecule has 0 amide bonds. The molecular weight excluding hydrogens is 257 g/mol. The lowest BCUT2D eigenvalue weighted by molar-refractivity contribution is -0.144. The van der Waals surface area contributed by atoms with Crippen LogP contribution in [-0.2, 0) is 6.54 Å². The zero-order chi connectivity index (χ0) is 13.1. The molecule has 4 nitrogen and oxygen atoms in total. The molecule has 1 heterocycles. The van der Waals surface area contributed by atoms with Crippen molar-refractivity contribution in [2.24, 2.45) is 5.84 Å². The fourth-order valence-electron chi connectivity index (χ4n) is 1.29. The fourth-order valence-corrected chi connectivity index (χ4v) is 1.46. The third kappa shape index (κ3) is 4.76. The maximum absolute atomic E-state index is 12.1. The van der Waals surface area contributed by atoms with Crippen molar-refractivity contribution in [1.29, 1.82) is 0 Å². The molecule has 0 radical (unpaired) electrons. The first-order valence-electron chi connectivity index (χ1n) is 4.69. The molecule has 0 aliphatic carbocycles. The van der Waals surface area contributed by atoms with E-state index in [9.17, 15) is 13.2 Å². The third-order valence-electron chi connectivity index (χ3n) is 1.94. The molecule has 0 unspecified atom stereocenters. The van der Waals surface area contributed by atoms with E-state index in [0.717, 1.165) is 4.90 Å². The van der Waals surface area contributed by atoms with Gasteiger partial charge in [0.1, 0.15) is 5.82 Å². The molecule has 0 aromatic carbocycles. The Labute approximate surface area is 102 Å². The average Bonchev–Trinajstić information content (AvgIpc) is 2.18. The number of alkyl halides is 3. The molecule has 0 saturated carbocycles. The number of anilines is 1. The Kier molecular flexibility index (Phi) is 4.55. The van der Waals surface area contributed by atoms with Gasteiger partial charge in [-0.1, -0.05) is 11.6 Å². The van der Waals surface area contributed by atoms with Gasteiger partial charge in [-0.05, 0) is 19.2 Å². The zero-order valence-corrected chi connectivity index (χ0v) is 9.81. The summed E-state index contributed by atoms with van der Waals surface area (Å²) >= 11 is 5.83. The van der Waals surface area contributed by atoms with Crippen LogP contribution in [0, 0.1) is 0 Å². The van der Waals surface area contributed by atoms with Gasteiger partial charge in [0.2, 0.25) is 0 Å². The predicted octanol–water partition coefficient (Wildman–Crippen LogP) is 2.01. The number of hydrogen-bond donors (Lipinski definition) is 2. The van der Waals surface area contributed by atoms with E-state index in [1.165, 1.54) is 19.2 Å². The Morgan fingerprint density at radius 1 is 1.47 bits per heavy atom. The summed E-state index contributed by atoms with van der Waals surface area (Å²) in [5.74, 6) is 5.50. The molecular formula is C9H12ClF3N4. The van der Waals surface area contributed by atoms with Crippen LogP contribution < -0.4 is 11.3 Å². The number of nitrogens with one attached hydrogen (secondary N) is 1. The summed E-state index contributed by atoms with van der Waals surface area (Å²) in [7, 11) is 1.34. The molecule has 0 aliphatic heterocycles. The van der Waals surface area contributed by atoms with E-state index in [-0.39, 0.29) is 6.54 Å². The molecule has 0 aliphatic rings. The minimum atomic E-state index is -4.25. The van der Waals surface area contributed by atoms with Crippen LogP contribution in [0.1, 0.15) is 5.69 Å². The van der Waals surface area contributed by atoms with Crippen LogP contribution in [0.25, 0.3) is 0 Å². The molecule has 1 rings (SSSR count). The van der Waals surface area contributed by atoms with Crippen molar-refractivity contribution < 1.29 is 13.2 Å². The van der Waals surface area contributed by atoms with Crippen LogP contribution in [0.4, 0.5) is 19.0 Å². The van der Waals surface area contributed by atoms with E-state index >= 15 is 0 Å². The van der Waals surface area contributed by atoms with Gasteiger partial charge < -0.3 is 5.43 Å². The van der Waals surface area contributed by atoms with Crippen LogP contribution in [0.5, 0.6) is 0 Å². The lowest BCUT2D eigenvalue weighted by atomic mass is 10.3. The highest BCUT2D eigenvalue weighted by Gasteiger charge is 2.29. The van der Waals surface area contributed by atoms with Gasteiger partial charge in [0.15, 0.2) is 0 Å². The topological polar surface area (TPSA) is 54.2 Å². The van der Waals surface area contributed by atoms with Gasteiger partial charge >= 0.3 is 6.18 Å². The SMILES string of the molecule is CN(Cc1nc(NN)ccc1Cl)CC(F)(F)F. The molecule has 1 aromatic heterocycles. The second kappa shape index (κ2) is 5.52. The van der Waals surface area contributed by atoms with Crippen molar-refractivity contribution >= 4 is 17.4 Å². The van der Waals surface area contributed by atoms with Gasteiger partial charge in [0.05, 0.1) is 17.3 Å². The van der Waals surface area contributed by atoms with Crippen molar-refractivity contribution in [2.75, 3.05) is 19.0 Å². The highest BCUT2D eigenvalue weighted by molar-refractivity contribution is 6.31. The third-order valence-corrected chi connectivity index (χ3v) is 2.28. The minimum absolute atomic E-state index is 0.00609. The highest BCUT2D eigenvalue weighted by atomic mass is 35.5. The van der Waals surface area contributed by atoms with Crippen LogP contribution >= 0.6 is 11.6 Å². The molecule has 0 fully saturated rings. The van der Waals surface area contributed by atoms with Gasteiger partial charge in [0, 0.05) is 6.54 Å². The summed E-state index contributed by atoms with van der Waals surface area (Å²) in [6.45, 7) is -1.03. The minimum Gasteiger partial charge on any atom is -0.308 e. The van der Waals surface area contributed by atoms with Crippen LogP contribution in [0.2, 0.25) is 5.02 Å². The fraction of sp³-hybridized carbons (Fsp3) is 0.444. The first-order valence-corrected chi connectivity index (χ1v) is 5.07. The van der Waals surface area contributed by atoms with E-state index < -0.39 is 12.7 Å². The summed E-state index contributed by atoms with van der Waals surface area (Å²) in [6.07, 6.45) is -4.25. The smallest absolute Gasteiger partial charge is 0.308 e. The summed E-state index contributed by atoms with van der Waals surface area (Å²) in [6, 6.07) is 3.07. The lowest BCUT2D eigenvalue weighted by Gasteiger charge is -2.18.